The minimum Gasteiger partial charge on any atom is -0.349 e. The van der Waals surface area contributed by atoms with Gasteiger partial charge in [0.05, 0.1) is 12.0 Å². The zero-order chi connectivity index (χ0) is 14.4. The smallest absolute Gasteiger partial charge is 0.224 e. The molecule has 0 aromatic heterocycles. The number of hydrogen-bond acceptors (Lipinski definition) is 2. The fourth-order valence-corrected chi connectivity index (χ4v) is 2.17. The summed E-state index contributed by atoms with van der Waals surface area (Å²) in [6.07, 6.45) is 0.815. The second kappa shape index (κ2) is 7.51. The van der Waals surface area contributed by atoms with Gasteiger partial charge in [0, 0.05) is 11.6 Å². The number of rotatable bonds is 6. The van der Waals surface area contributed by atoms with E-state index < -0.39 is 0 Å². The van der Waals surface area contributed by atoms with Crippen molar-refractivity contribution in [3.63, 3.8) is 0 Å². The van der Waals surface area contributed by atoms with E-state index in [1.165, 1.54) is 0 Å². The maximum Gasteiger partial charge on any atom is 0.224 e. The van der Waals surface area contributed by atoms with Crippen molar-refractivity contribution in [2.75, 3.05) is 6.54 Å². The zero-order valence-electron chi connectivity index (χ0n) is 11.8. The van der Waals surface area contributed by atoms with Gasteiger partial charge in [0.1, 0.15) is 0 Å². The molecule has 1 aromatic rings. The Morgan fingerprint density at radius 1 is 1.26 bits per heavy atom. The Morgan fingerprint density at radius 3 is 2.32 bits per heavy atom. The molecule has 0 radical (unpaired) electrons. The number of nitrogens with one attached hydrogen (secondary N) is 1. The van der Waals surface area contributed by atoms with Crippen LogP contribution in [0.5, 0.6) is 0 Å². The van der Waals surface area contributed by atoms with E-state index in [1.807, 2.05) is 31.2 Å². The van der Waals surface area contributed by atoms with Crippen molar-refractivity contribution >= 4 is 17.5 Å². The molecule has 2 unspecified atom stereocenters. The highest BCUT2D eigenvalue weighted by Gasteiger charge is 2.20. The number of benzene rings is 1. The van der Waals surface area contributed by atoms with Gasteiger partial charge >= 0.3 is 0 Å². The van der Waals surface area contributed by atoms with Gasteiger partial charge < -0.3 is 11.1 Å². The first-order valence-corrected chi connectivity index (χ1v) is 7.07. The average molecular weight is 283 g/mol. The summed E-state index contributed by atoms with van der Waals surface area (Å²) >= 11 is 5.85. The quantitative estimate of drug-likeness (QED) is 0.842. The standard InChI is InChI=1S/C15H23ClN2O/c1-10(2)8-13(9-17)15(19)18-11(3)12-4-6-14(16)7-5-12/h4-7,10-11,13H,8-9,17H2,1-3H3,(H,18,19). The van der Waals surface area contributed by atoms with Crippen LogP contribution in [0.15, 0.2) is 24.3 Å². The highest BCUT2D eigenvalue weighted by atomic mass is 35.5. The molecule has 0 aliphatic rings. The lowest BCUT2D eigenvalue weighted by molar-refractivity contribution is -0.125. The van der Waals surface area contributed by atoms with Crippen LogP contribution in [0.25, 0.3) is 0 Å². The topological polar surface area (TPSA) is 55.1 Å². The molecule has 19 heavy (non-hydrogen) atoms. The van der Waals surface area contributed by atoms with Gasteiger partial charge in [-0.05, 0) is 37.0 Å². The minimum absolute atomic E-state index is 0.0265. The Hall–Kier alpha value is -1.06. The third-order valence-electron chi connectivity index (χ3n) is 3.14. The molecule has 0 saturated carbocycles. The Bertz CT molecular complexity index is 403. The van der Waals surface area contributed by atoms with Gasteiger partial charge in [-0.2, -0.15) is 0 Å². The van der Waals surface area contributed by atoms with Crippen molar-refractivity contribution in [1.29, 1.82) is 0 Å². The third kappa shape index (κ3) is 5.21. The van der Waals surface area contributed by atoms with E-state index in [9.17, 15) is 4.79 Å². The van der Waals surface area contributed by atoms with Crippen molar-refractivity contribution in [2.45, 2.75) is 33.2 Å². The fourth-order valence-electron chi connectivity index (χ4n) is 2.05. The van der Waals surface area contributed by atoms with Crippen molar-refractivity contribution < 1.29 is 4.79 Å². The zero-order valence-corrected chi connectivity index (χ0v) is 12.6. The molecule has 0 aliphatic heterocycles. The molecule has 0 spiro atoms. The van der Waals surface area contributed by atoms with Crippen molar-refractivity contribution in [2.24, 2.45) is 17.6 Å². The second-order valence-electron chi connectivity index (χ2n) is 5.34. The van der Waals surface area contributed by atoms with E-state index in [-0.39, 0.29) is 17.9 Å². The molecule has 0 saturated heterocycles. The van der Waals surface area contributed by atoms with Gasteiger partial charge in [-0.15, -0.1) is 0 Å². The molecule has 3 nitrogen and oxygen atoms in total. The predicted molar refractivity (Wildman–Crippen MR) is 80.0 cm³/mol. The van der Waals surface area contributed by atoms with Crippen LogP contribution >= 0.6 is 11.6 Å². The van der Waals surface area contributed by atoms with Crippen LogP contribution in [0.2, 0.25) is 5.02 Å². The van der Waals surface area contributed by atoms with E-state index in [2.05, 4.69) is 19.2 Å². The van der Waals surface area contributed by atoms with Crippen LogP contribution in [0.1, 0.15) is 38.8 Å². The lowest BCUT2D eigenvalue weighted by Gasteiger charge is -2.20. The molecule has 0 bridgehead atoms. The molecular weight excluding hydrogens is 260 g/mol. The number of carbonyl (C=O) groups is 1. The van der Waals surface area contributed by atoms with Crippen LogP contribution < -0.4 is 11.1 Å². The predicted octanol–water partition coefficient (Wildman–Crippen LogP) is 3.14. The van der Waals surface area contributed by atoms with Crippen LogP contribution in [0, 0.1) is 11.8 Å². The summed E-state index contributed by atoms with van der Waals surface area (Å²) < 4.78 is 0. The number of halogens is 1. The Balaban J connectivity index is 2.62. The number of nitrogens with two attached hydrogens (primary N) is 1. The van der Waals surface area contributed by atoms with E-state index in [0.29, 0.717) is 17.5 Å². The Morgan fingerprint density at radius 2 is 1.84 bits per heavy atom. The molecule has 0 fully saturated rings. The van der Waals surface area contributed by atoms with Gasteiger partial charge in [0.15, 0.2) is 0 Å². The molecule has 2 atom stereocenters. The SMILES string of the molecule is CC(C)CC(CN)C(=O)NC(C)c1ccc(Cl)cc1. The summed E-state index contributed by atoms with van der Waals surface area (Å²) in [5, 5.41) is 3.71. The van der Waals surface area contributed by atoms with Crippen LogP contribution in [-0.4, -0.2) is 12.5 Å². The monoisotopic (exact) mass is 282 g/mol. The molecule has 1 aromatic carbocycles. The average Bonchev–Trinajstić information content (AvgIpc) is 2.36. The first-order chi connectivity index (χ1) is 8.93. The summed E-state index contributed by atoms with van der Waals surface area (Å²) in [4.78, 5) is 12.1. The second-order valence-corrected chi connectivity index (χ2v) is 5.78. The normalized spacial score (nSPS) is 14.2. The first-order valence-electron chi connectivity index (χ1n) is 6.70. The third-order valence-corrected chi connectivity index (χ3v) is 3.39. The Kier molecular flexibility index (Phi) is 6.32. The Labute approximate surface area is 120 Å². The molecule has 4 heteroatoms. The molecule has 106 valence electrons. The molecule has 1 amide bonds. The summed E-state index contributed by atoms with van der Waals surface area (Å²) in [5.41, 5.74) is 6.72. The van der Waals surface area contributed by atoms with Gasteiger partial charge in [0.25, 0.3) is 0 Å². The maximum atomic E-state index is 12.1. The fraction of sp³-hybridized carbons (Fsp3) is 0.533. The molecular formula is C15H23ClN2O. The van der Waals surface area contributed by atoms with Gasteiger partial charge in [-0.3, -0.25) is 4.79 Å². The van der Waals surface area contributed by atoms with E-state index in [0.717, 1.165) is 12.0 Å². The van der Waals surface area contributed by atoms with Crippen LogP contribution in [0.4, 0.5) is 0 Å². The summed E-state index contributed by atoms with van der Waals surface area (Å²) in [5.74, 6) is 0.374. The summed E-state index contributed by atoms with van der Waals surface area (Å²) in [6.45, 7) is 6.54. The van der Waals surface area contributed by atoms with Gasteiger partial charge in [0.2, 0.25) is 5.91 Å². The maximum absolute atomic E-state index is 12.1. The molecule has 0 aliphatic carbocycles. The molecule has 1 rings (SSSR count). The van der Waals surface area contributed by atoms with Crippen molar-refractivity contribution in [3.05, 3.63) is 34.9 Å². The highest BCUT2D eigenvalue weighted by Crippen LogP contribution is 2.17. The number of carbonyl (C=O) groups excluding carboxylic acids is 1. The molecule has 0 heterocycles. The van der Waals surface area contributed by atoms with Crippen molar-refractivity contribution in [1.82, 2.24) is 5.32 Å². The van der Waals surface area contributed by atoms with Gasteiger partial charge in [-0.25, -0.2) is 0 Å². The highest BCUT2D eigenvalue weighted by molar-refractivity contribution is 6.30. The van der Waals surface area contributed by atoms with Crippen molar-refractivity contribution in [3.8, 4) is 0 Å². The summed E-state index contributed by atoms with van der Waals surface area (Å²) in [7, 11) is 0. The van der Waals surface area contributed by atoms with Crippen LogP contribution in [-0.2, 0) is 4.79 Å². The first kappa shape index (κ1) is 16.0. The van der Waals surface area contributed by atoms with E-state index >= 15 is 0 Å². The largest absolute Gasteiger partial charge is 0.349 e. The number of hydrogen-bond donors (Lipinski definition) is 2. The van der Waals surface area contributed by atoms with E-state index in [1.54, 1.807) is 0 Å². The van der Waals surface area contributed by atoms with Crippen LogP contribution in [0.3, 0.4) is 0 Å². The lowest BCUT2D eigenvalue weighted by Crippen LogP contribution is -2.37. The lowest BCUT2D eigenvalue weighted by atomic mass is 9.96. The van der Waals surface area contributed by atoms with E-state index in [4.69, 9.17) is 17.3 Å². The summed E-state index contributed by atoms with van der Waals surface area (Å²) in [6, 6.07) is 7.47. The number of amides is 1. The molecule has 3 N–H and O–H groups in total. The minimum atomic E-state index is -0.116. The van der Waals surface area contributed by atoms with Gasteiger partial charge in [-0.1, -0.05) is 37.6 Å².